The van der Waals surface area contributed by atoms with Crippen molar-refractivity contribution in [1.29, 1.82) is 0 Å². The van der Waals surface area contributed by atoms with Crippen LogP contribution in [0.4, 0.5) is 5.69 Å². The molecule has 0 aromatic heterocycles. The minimum atomic E-state index is -1.02. The molecule has 0 aliphatic carbocycles. The van der Waals surface area contributed by atoms with Crippen LogP contribution in [-0.2, 0) is 4.79 Å². The highest BCUT2D eigenvalue weighted by Gasteiger charge is 2.15. The molecule has 29 heavy (non-hydrogen) atoms. The Hall–Kier alpha value is -3.23. The number of amides is 1. The lowest BCUT2D eigenvalue weighted by Crippen LogP contribution is -2.38. The summed E-state index contributed by atoms with van der Waals surface area (Å²) < 4.78 is 21.3. The highest BCUT2D eigenvalue weighted by Crippen LogP contribution is 2.38. The largest absolute Gasteiger partial charge is 0.495 e. The van der Waals surface area contributed by atoms with E-state index in [1.165, 1.54) is 7.11 Å². The average molecular weight is 402 g/mol. The van der Waals surface area contributed by atoms with Gasteiger partial charge in [0.1, 0.15) is 11.8 Å². The van der Waals surface area contributed by atoms with E-state index in [9.17, 15) is 4.79 Å². The number of carbonyl (C=O) groups is 1. The summed E-state index contributed by atoms with van der Waals surface area (Å²) >= 11 is 0. The molecule has 0 unspecified atom stereocenters. The first-order chi connectivity index (χ1) is 14.0. The van der Waals surface area contributed by atoms with Gasteiger partial charge in [0.2, 0.25) is 11.7 Å². The van der Waals surface area contributed by atoms with Gasteiger partial charge >= 0.3 is 0 Å². The number of nitrogens with two attached hydrogens (primary N) is 1. The van der Waals surface area contributed by atoms with Gasteiger partial charge in [-0.05, 0) is 35.4 Å². The Bertz CT molecular complexity index is 856. The molecule has 8 nitrogen and oxygen atoms in total. The number of benzene rings is 2. The van der Waals surface area contributed by atoms with Gasteiger partial charge in [-0.25, -0.2) is 0 Å². The first-order valence-corrected chi connectivity index (χ1v) is 8.80. The summed E-state index contributed by atoms with van der Waals surface area (Å²) in [6.45, 7) is -0.450. The zero-order chi connectivity index (χ0) is 21.4. The molecule has 2 aromatic carbocycles. The molecule has 0 aliphatic rings. The molecule has 2 aromatic rings. The van der Waals surface area contributed by atoms with Crippen LogP contribution in [0.3, 0.4) is 0 Å². The van der Waals surface area contributed by atoms with Crippen molar-refractivity contribution in [3.05, 3.63) is 41.5 Å². The number of anilines is 1. The lowest BCUT2D eigenvalue weighted by atomic mass is 10.1. The van der Waals surface area contributed by atoms with E-state index in [4.69, 9.17) is 29.8 Å². The van der Waals surface area contributed by atoms with Crippen molar-refractivity contribution in [3.8, 4) is 23.0 Å². The molecule has 156 valence electrons. The normalized spacial score (nSPS) is 11.8. The van der Waals surface area contributed by atoms with Crippen molar-refractivity contribution in [2.75, 3.05) is 40.4 Å². The third-order valence-electron chi connectivity index (χ3n) is 4.17. The number of rotatable bonds is 9. The van der Waals surface area contributed by atoms with Crippen LogP contribution in [-0.4, -0.2) is 52.1 Å². The molecule has 0 radical (unpaired) electrons. The molecular formula is C21H26N2O6. The van der Waals surface area contributed by atoms with E-state index in [1.54, 1.807) is 33.5 Å². The number of hydrogen-bond donors (Lipinski definition) is 3. The van der Waals surface area contributed by atoms with E-state index < -0.39 is 18.6 Å². The summed E-state index contributed by atoms with van der Waals surface area (Å²) in [4.78, 5) is 12.0. The summed E-state index contributed by atoms with van der Waals surface area (Å²) in [5.74, 6) is 1.59. The molecule has 0 heterocycles. The van der Waals surface area contributed by atoms with E-state index >= 15 is 0 Å². The zero-order valence-corrected chi connectivity index (χ0v) is 16.9. The van der Waals surface area contributed by atoms with E-state index in [0.29, 0.717) is 28.7 Å². The van der Waals surface area contributed by atoms with Crippen LogP contribution < -0.4 is 30.0 Å². The molecule has 8 heteroatoms. The number of methoxy groups -OCH3 is 4. The predicted molar refractivity (Wildman–Crippen MR) is 112 cm³/mol. The lowest BCUT2D eigenvalue weighted by Gasteiger charge is -2.14. The van der Waals surface area contributed by atoms with Crippen LogP contribution in [0.25, 0.3) is 12.2 Å². The Morgan fingerprint density at radius 2 is 1.55 bits per heavy atom. The smallest absolute Gasteiger partial charge is 0.243 e. The van der Waals surface area contributed by atoms with Crippen LogP contribution in [0.1, 0.15) is 11.1 Å². The number of nitrogens with one attached hydrogen (secondary N) is 1. The molecule has 0 fully saturated rings. The van der Waals surface area contributed by atoms with Gasteiger partial charge in [0.05, 0.1) is 40.7 Å². The van der Waals surface area contributed by atoms with Gasteiger partial charge < -0.3 is 35.1 Å². The fourth-order valence-corrected chi connectivity index (χ4v) is 2.63. The number of ether oxygens (including phenoxy) is 4. The van der Waals surface area contributed by atoms with Crippen molar-refractivity contribution in [2.24, 2.45) is 5.73 Å². The fourth-order valence-electron chi connectivity index (χ4n) is 2.63. The summed E-state index contributed by atoms with van der Waals surface area (Å²) in [7, 11) is 6.16. The van der Waals surface area contributed by atoms with Gasteiger partial charge in [-0.1, -0.05) is 18.2 Å². The molecule has 2 rings (SSSR count). The van der Waals surface area contributed by atoms with E-state index in [1.807, 2.05) is 30.4 Å². The minimum absolute atomic E-state index is 0.450. The third-order valence-corrected chi connectivity index (χ3v) is 4.17. The molecule has 0 spiro atoms. The van der Waals surface area contributed by atoms with E-state index in [0.717, 1.165) is 11.1 Å². The number of hydrogen-bond acceptors (Lipinski definition) is 7. The first-order valence-electron chi connectivity index (χ1n) is 8.80. The minimum Gasteiger partial charge on any atom is -0.495 e. The number of aliphatic hydroxyl groups excluding tert-OH is 1. The number of aliphatic hydroxyl groups is 1. The van der Waals surface area contributed by atoms with Crippen molar-refractivity contribution in [2.45, 2.75) is 6.04 Å². The summed E-state index contributed by atoms with van der Waals surface area (Å²) in [6.07, 6.45) is 3.74. The first kappa shape index (κ1) is 22.1. The zero-order valence-electron chi connectivity index (χ0n) is 16.9. The van der Waals surface area contributed by atoms with Gasteiger partial charge in [0, 0.05) is 0 Å². The van der Waals surface area contributed by atoms with E-state index in [2.05, 4.69) is 5.32 Å². The number of carbonyl (C=O) groups excluding carboxylic acids is 1. The molecule has 1 amide bonds. The lowest BCUT2D eigenvalue weighted by molar-refractivity contribution is -0.118. The average Bonchev–Trinajstić information content (AvgIpc) is 2.76. The monoisotopic (exact) mass is 402 g/mol. The maximum atomic E-state index is 12.0. The fraction of sp³-hybridized carbons (Fsp3) is 0.286. The van der Waals surface area contributed by atoms with Crippen LogP contribution >= 0.6 is 0 Å². The molecule has 4 N–H and O–H groups in total. The van der Waals surface area contributed by atoms with Crippen molar-refractivity contribution in [3.63, 3.8) is 0 Å². The van der Waals surface area contributed by atoms with Crippen molar-refractivity contribution < 1.29 is 28.8 Å². The highest BCUT2D eigenvalue weighted by molar-refractivity contribution is 5.96. The molecule has 0 aliphatic heterocycles. The van der Waals surface area contributed by atoms with Crippen molar-refractivity contribution >= 4 is 23.7 Å². The highest BCUT2D eigenvalue weighted by atomic mass is 16.5. The second kappa shape index (κ2) is 10.4. The van der Waals surface area contributed by atoms with Crippen molar-refractivity contribution in [1.82, 2.24) is 0 Å². The van der Waals surface area contributed by atoms with Gasteiger partial charge in [0.25, 0.3) is 0 Å². The van der Waals surface area contributed by atoms with E-state index in [-0.39, 0.29) is 0 Å². The van der Waals surface area contributed by atoms with Crippen LogP contribution in [0, 0.1) is 0 Å². The molecule has 0 saturated heterocycles. The predicted octanol–water partition coefficient (Wildman–Crippen LogP) is 2.15. The van der Waals surface area contributed by atoms with Crippen LogP contribution in [0.5, 0.6) is 23.0 Å². The van der Waals surface area contributed by atoms with Gasteiger partial charge in [-0.3, -0.25) is 4.79 Å². The van der Waals surface area contributed by atoms with Crippen LogP contribution in [0.15, 0.2) is 30.3 Å². The summed E-state index contributed by atoms with van der Waals surface area (Å²) in [5.41, 5.74) is 7.66. The molecular weight excluding hydrogens is 376 g/mol. The Kier molecular flexibility index (Phi) is 7.88. The Morgan fingerprint density at radius 3 is 2.07 bits per heavy atom. The topological polar surface area (TPSA) is 112 Å². The van der Waals surface area contributed by atoms with Gasteiger partial charge in [0.15, 0.2) is 11.5 Å². The molecule has 0 bridgehead atoms. The third kappa shape index (κ3) is 5.40. The standard InChI is InChI=1S/C21H26N2O6/c1-26-17-8-7-13(9-16(17)23-21(25)15(22)12-24)5-6-14-10-18(27-2)20(29-4)19(11-14)28-3/h5-11,15,24H,12,22H2,1-4H3,(H,23,25)/t15-/m1/s1. The maximum absolute atomic E-state index is 12.0. The summed E-state index contributed by atoms with van der Waals surface area (Å²) in [5, 5.41) is 11.7. The quantitative estimate of drug-likeness (QED) is 0.551. The Morgan fingerprint density at radius 1 is 0.966 bits per heavy atom. The summed E-state index contributed by atoms with van der Waals surface area (Å²) in [6, 6.07) is 7.95. The maximum Gasteiger partial charge on any atom is 0.243 e. The molecule has 1 atom stereocenters. The second-order valence-corrected chi connectivity index (χ2v) is 6.03. The Labute approximate surface area is 169 Å². The SMILES string of the molecule is COc1ccc(C=Cc2cc(OC)c(OC)c(OC)c2)cc1NC(=O)[C@H](N)CO. The Balaban J connectivity index is 2.33. The molecule has 0 saturated carbocycles. The van der Waals surface area contributed by atoms with Gasteiger partial charge in [-0.15, -0.1) is 0 Å². The second-order valence-electron chi connectivity index (χ2n) is 6.03. The van der Waals surface area contributed by atoms with Crippen LogP contribution in [0.2, 0.25) is 0 Å². The van der Waals surface area contributed by atoms with Gasteiger partial charge in [-0.2, -0.15) is 0 Å².